The van der Waals surface area contributed by atoms with Crippen LogP contribution in [0.3, 0.4) is 0 Å². The highest BCUT2D eigenvalue weighted by molar-refractivity contribution is 7.92. The van der Waals surface area contributed by atoms with E-state index in [-0.39, 0.29) is 20.1 Å². The maximum atomic E-state index is 13.4. The molecule has 0 spiro atoms. The van der Waals surface area contributed by atoms with Crippen LogP contribution < -0.4 is 0 Å². The predicted octanol–water partition coefficient (Wildman–Crippen LogP) is 2.98. The van der Waals surface area contributed by atoms with Crippen molar-refractivity contribution in [2.75, 3.05) is 0 Å². The second kappa shape index (κ2) is 4.99. The molecule has 8 heteroatoms. The van der Waals surface area contributed by atoms with Crippen LogP contribution in [-0.4, -0.2) is 23.0 Å². The number of fused-ring (bicyclic) bond motifs is 1. The Morgan fingerprint density at radius 2 is 2.00 bits per heavy atom. The van der Waals surface area contributed by atoms with Crippen molar-refractivity contribution in [2.45, 2.75) is 23.6 Å². The Kier molecular flexibility index (Phi) is 3.37. The maximum absolute atomic E-state index is 13.4. The van der Waals surface area contributed by atoms with Crippen molar-refractivity contribution in [2.24, 2.45) is 0 Å². The molecule has 0 radical (unpaired) electrons. The van der Waals surface area contributed by atoms with Crippen LogP contribution in [0.25, 0.3) is 5.65 Å². The van der Waals surface area contributed by atoms with E-state index in [0.717, 1.165) is 11.8 Å². The summed E-state index contributed by atoms with van der Waals surface area (Å²) >= 11 is 5.15. The molecule has 0 amide bonds. The van der Waals surface area contributed by atoms with E-state index >= 15 is 0 Å². The minimum absolute atomic E-state index is 0.0467. The lowest BCUT2D eigenvalue weighted by Crippen LogP contribution is -2.05. The quantitative estimate of drug-likeness (QED) is 0.730. The minimum Gasteiger partial charge on any atom is -0.281 e. The standard InChI is InChI=1S/C14H12FN3O2S2/c1-8-6-9(2)18-13(16-8)12(14(21)17-18)22(19,20)11-5-3-4-10(15)7-11/h3-7H,1-2H3,(H,17,21). The topological polar surface area (TPSA) is 67.2 Å². The Morgan fingerprint density at radius 1 is 1.27 bits per heavy atom. The number of benzene rings is 1. The van der Waals surface area contributed by atoms with Gasteiger partial charge in [0, 0.05) is 11.4 Å². The first kappa shape index (κ1) is 14.9. The molecule has 0 bridgehead atoms. The van der Waals surface area contributed by atoms with Gasteiger partial charge in [-0.05, 0) is 38.1 Å². The number of aromatic nitrogens is 3. The van der Waals surface area contributed by atoms with Crippen LogP contribution in [-0.2, 0) is 9.84 Å². The van der Waals surface area contributed by atoms with E-state index in [4.69, 9.17) is 12.2 Å². The van der Waals surface area contributed by atoms with Gasteiger partial charge in [0.1, 0.15) is 10.5 Å². The summed E-state index contributed by atoms with van der Waals surface area (Å²) in [6, 6.07) is 6.63. The van der Waals surface area contributed by atoms with E-state index in [2.05, 4.69) is 10.1 Å². The first-order chi connectivity index (χ1) is 10.3. The van der Waals surface area contributed by atoms with Gasteiger partial charge in [-0.25, -0.2) is 22.3 Å². The Morgan fingerprint density at radius 3 is 2.68 bits per heavy atom. The highest BCUT2D eigenvalue weighted by Crippen LogP contribution is 2.26. The first-order valence-electron chi connectivity index (χ1n) is 6.40. The van der Waals surface area contributed by atoms with Gasteiger partial charge < -0.3 is 0 Å². The van der Waals surface area contributed by atoms with Gasteiger partial charge >= 0.3 is 0 Å². The molecule has 3 aromatic rings. The summed E-state index contributed by atoms with van der Waals surface area (Å²) in [5.74, 6) is -0.625. The van der Waals surface area contributed by atoms with Crippen molar-refractivity contribution in [3.8, 4) is 0 Å². The fourth-order valence-corrected chi connectivity index (χ4v) is 4.26. The van der Waals surface area contributed by atoms with Crippen LogP contribution in [0.5, 0.6) is 0 Å². The number of nitrogens with zero attached hydrogens (tertiary/aromatic N) is 2. The van der Waals surface area contributed by atoms with E-state index in [1.54, 1.807) is 13.0 Å². The number of rotatable bonds is 2. The van der Waals surface area contributed by atoms with Gasteiger partial charge in [0.2, 0.25) is 9.84 Å². The molecule has 114 valence electrons. The van der Waals surface area contributed by atoms with Gasteiger partial charge in [-0.2, -0.15) is 0 Å². The number of halogens is 1. The van der Waals surface area contributed by atoms with Crippen LogP contribution in [0.4, 0.5) is 4.39 Å². The number of hydrogen-bond donors (Lipinski definition) is 1. The van der Waals surface area contributed by atoms with Crippen molar-refractivity contribution in [3.63, 3.8) is 0 Å². The number of sulfone groups is 1. The molecule has 0 aliphatic heterocycles. The molecule has 2 heterocycles. The number of H-pyrrole nitrogens is 1. The third kappa shape index (κ3) is 2.24. The lowest BCUT2D eigenvalue weighted by atomic mass is 10.3. The molecule has 0 saturated heterocycles. The molecule has 1 aromatic carbocycles. The van der Waals surface area contributed by atoms with Crippen LogP contribution >= 0.6 is 12.2 Å². The van der Waals surface area contributed by atoms with Crippen molar-refractivity contribution >= 4 is 27.7 Å². The first-order valence-corrected chi connectivity index (χ1v) is 8.29. The zero-order chi connectivity index (χ0) is 16.1. The summed E-state index contributed by atoms with van der Waals surface area (Å²) in [5.41, 5.74) is 1.66. The molecule has 3 rings (SSSR count). The summed E-state index contributed by atoms with van der Waals surface area (Å²) in [6.07, 6.45) is 0. The maximum Gasteiger partial charge on any atom is 0.213 e. The summed E-state index contributed by atoms with van der Waals surface area (Å²) in [7, 11) is -3.97. The third-order valence-electron chi connectivity index (χ3n) is 3.26. The highest BCUT2D eigenvalue weighted by atomic mass is 32.2. The van der Waals surface area contributed by atoms with E-state index in [0.29, 0.717) is 5.69 Å². The molecule has 22 heavy (non-hydrogen) atoms. The van der Waals surface area contributed by atoms with Crippen LogP contribution in [0.2, 0.25) is 0 Å². The summed E-state index contributed by atoms with van der Waals surface area (Å²) in [4.78, 5) is 4.00. The van der Waals surface area contributed by atoms with Crippen LogP contribution in [0, 0.1) is 24.3 Å². The van der Waals surface area contributed by atoms with Crippen LogP contribution in [0.15, 0.2) is 40.1 Å². The number of aromatic amines is 1. The molecule has 0 atom stereocenters. The lowest BCUT2D eigenvalue weighted by molar-refractivity contribution is 0.591. The molecular formula is C14H12FN3O2S2. The second-order valence-corrected chi connectivity index (χ2v) is 7.22. The molecular weight excluding hydrogens is 325 g/mol. The fourth-order valence-electron chi connectivity index (χ4n) is 2.32. The Balaban J connectivity index is 2.39. The molecule has 0 saturated carbocycles. The van der Waals surface area contributed by atoms with Gasteiger partial charge in [0.15, 0.2) is 10.5 Å². The van der Waals surface area contributed by atoms with Gasteiger partial charge in [-0.15, -0.1) is 0 Å². The largest absolute Gasteiger partial charge is 0.281 e. The molecule has 0 fully saturated rings. The van der Waals surface area contributed by atoms with Gasteiger partial charge in [0.05, 0.1) is 4.90 Å². The zero-order valence-corrected chi connectivity index (χ0v) is 13.4. The van der Waals surface area contributed by atoms with Gasteiger partial charge in [0.25, 0.3) is 0 Å². The second-order valence-electron chi connectivity index (χ2n) is 4.93. The van der Waals surface area contributed by atoms with E-state index < -0.39 is 15.7 Å². The molecule has 1 N–H and O–H groups in total. The third-order valence-corrected chi connectivity index (χ3v) is 5.49. The summed E-state index contributed by atoms with van der Waals surface area (Å²) in [6.45, 7) is 3.58. The average Bonchev–Trinajstić information content (AvgIpc) is 2.76. The Bertz CT molecular complexity index is 1050. The lowest BCUT2D eigenvalue weighted by Gasteiger charge is -2.05. The predicted molar refractivity (Wildman–Crippen MR) is 81.7 cm³/mol. The van der Waals surface area contributed by atoms with E-state index in [1.807, 2.05) is 6.92 Å². The molecule has 0 aliphatic rings. The molecule has 0 unspecified atom stereocenters. The average molecular weight is 337 g/mol. The van der Waals surface area contributed by atoms with Crippen LogP contribution in [0.1, 0.15) is 11.4 Å². The minimum atomic E-state index is -3.97. The smallest absolute Gasteiger partial charge is 0.213 e. The Labute approximate surface area is 131 Å². The summed E-state index contributed by atoms with van der Waals surface area (Å²) < 4.78 is 40.5. The zero-order valence-electron chi connectivity index (χ0n) is 11.8. The Hall–Kier alpha value is -2.06. The van der Waals surface area contributed by atoms with E-state index in [9.17, 15) is 12.8 Å². The molecule has 0 aliphatic carbocycles. The monoisotopic (exact) mass is 337 g/mol. The molecule has 2 aromatic heterocycles. The van der Waals surface area contributed by atoms with Crippen molar-refractivity contribution < 1.29 is 12.8 Å². The molecule has 5 nitrogen and oxygen atoms in total. The fraction of sp³-hybridized carbons (Fsp3) is 0.143. The SMILES string of the molecule is Cc1cc(C)n2[nH]c(=S)c(S(=O)(=O)c3cccc(F)c3)c2n1. The van der Waals surface area contributed by atoms with Crippen molar-refractivity contribution in [3.05, 3.63) is 52.2 Å². The number of hydrogen-bond acceptors (Lipinski definition) is 4. The van der Waals surface area contributed by atoms with Crippen molar-refractivity contribution in [1.29, 1.82) is 0 Å². The highest BCUT2D eigenvalue weighted by Gasteiger charge is 2.26. The number of aryl methyl sites for hydroxylation is 2. The van der Waals surface area contributed by atoms with E-state index in [1.165, 1.54) is 22.7 Å². The normalized spacial score (nSPS) is 12.0. The van der Waals surface area contributed by atoms with Gasteiger partial charge in [-0.3, -0.25) is 5.10 Å². The summed E-state index contributed by atoms with van der Waals surface area (Å²) in [5, 5.41) is 2.81. The van der Waals surface area contributed by atoms with Gasteiger partial charge in [-0.1, -0.05) is 18.3 Å². The van der Waals surface area contributed by atoms with Crippen molar-refractivity contribution in [1.82, 2.24) is 14.6 Å². The number of nitrogens with one attached hydrogen (secondary N) is 1.